The largest absolute Gasteiger partial charge is 0.416 e. The van der Waals surface area contributed by atoms with Crippen LogP contribution in [-0.4, -0.2) is 40.3 Å². The highest BCUT2D eigenvalue weighted by molar-refractivity contribution is 7.98. The van der Waals surface area contributed by atoms with E-state index in [-0.39, 0.29) is 11.5 Å². The fraction of sp³-hybridized carbons (Fsp3) is 0.667. The Balaban J connectivity index is 2.22. The van der Waals surface area contributed by atoms with E-state index in [9.17, 15) is 4.79 Å². The summed E-state index contributed by atoms with van der Waals surface area (Å²) in [5, 5.41) is 0.615. The maximum absolute atomic E-state index is 12.3. The Morgan fingerprint density at radius 2 is 1.95 bits per heavy atom. The first-order valence-corrected chi connectivity index (χ1v) is 8.52. The lowest BCUT2D eigenvalue weighted by Gasteiger charge is -2.27. The average molecular weight is 309 g/mol. The number of aromatic nitrogens is 2. The van der Waals surface area contributed by atoms with Gasteiger partial charge in [0, 0.05) is 24.8 Å². The number of hydrogen-bond donors (Lipinski definition) is 0. The molecule has 116 valence electrons. The molecule has 0 aromatic carbocycles. The first-order valence-electron chi connectivity index (χ1n) is 7.30. The first kappa shape index (κ1) is 16.1. The molecule has 0 spiro atoms. The Hall–Kier alpha value is -1.30. The van der Waals surface area contributed by atoms with Gasteiger partial charge in [0.25, 0.3) is 0 Å². The number of carbonyl (C=O) groups excluding carboxylic acids is 1. The minimum absolute atomic E-state index is 0.172. The van der Waals surface area contributed by atoms with Crippen LogP contribution in [0.25, 0.3) is 0 Å². The number of amides is 1. The molecule has 5 nitrogen and oxygen atoms in total. The standard InChI is InChI=1S/C15H23N3O2S/c1-15(2,3)11-10-16-13(21-4)17-12(11)20-14(19)18-8-6-5-7-9-18/h10H,5-9H2,1-4H3. The van der Waals surface area contributed by atoms with Gasteiger partial charge >= 0.3 is 6.09 Å². The molecule has 2 rings (SSSR count). The van der Waals surface area contributed by atoms with Crippen molar-refractivity contribution in [1.82, 2.24) is 14.9 Å². The van der Waals surface area contributed by atoms with Crippen molar-refractivity contribution >= 4 is 17.9 Å². The van der Waals surface area contributed by atoms with Crippen LogP contribution in [0.3, 0.4) is 0 Å². The molecule has 0 unspecified atom stereocenters. The molecule has 0 aliphatic carbocycles. The van der Waals surface area contributed by atoms with Crippen LogP contribution < -0.4 is 4.74 Å². The highest BCUT2D eigenvalue weighted by Crippen LogP contribution is 2.30. The monoisotopic (exact) mass is 309 g/mol. The summed E-state index contributed by atoms with van der Waals surface area (Å²) in [5.41, 5.74) is 0.680. The van der Waals surface area contributed by atoms with Gasteiger partial charge in [-0.15, -0.1) is 0 Å². The lowest BCUT2D eigenvalue weighted by Crippen LogP contribution is -2.38. The number of ether oxygens (including phenoxy) is 1. The van der Waals surface area contributed by atoms with Crippen LogP contribution in [0.4, 0.5) is 4.79 Å². The van der Waals surface area contributed by atoms with Gasteiger partial charge in [-0.25, -0.2) is 9.78 Å². The zero-order chi connectivity index (χ0) is 15.5. The summed E-state index contributed by atoms with van der Waals surface area (Å²) in [6, 6.07) is 0. The van der Waals surface area contributed by atoms with E-state index < -0.39 is 0 Å². The highest BCUT2D eigenvalue weighted by Gasteiger charge is 2.25. The van der Waals surface area contributed by atoms with E-state index in [2.05, 4.69) is 30.7 Å². The Kier molecular flexibility index (Phi) is 5.08. The fourth-order valence-corrected chi connectivity index (χ4v) is 2.60. The summed E-state index contributed by atoms with van der Waals surface area (Å²) in [4.78, 5) is 22.7. The number of hydrogen-bond acceptors (Lipinski definition) is 5. The normalized spacial score (nSPS) is 15.9. The topological polar surface area (TPSA) is 55.3 Å². The Labute approximate surface area is 130 Å². The van der Waals surface area contributed by atoms with Crippen molar-refractivity contribution in [2.75, 3.05) is 19.3 Å². The van der Waals surface area contributed by atoms with E-state index in [0.29, 0.717) is 11.0 Å². The van der Waals surface area contributed by atoms with Crippen LogP contribution in [-0.2, 0) is 5.41 Å². The number of piperidine rings is 1. The molecule has 1 amide bonds. The van der Waals surface area contributed by atoms with Crippen molar-refractivity contribution in [3.8, 4) is 5.88 Å². The van der Waals surface area contributed by atoms with Gasteiger partial charge in [0.2, 0.25) is 5.88 Å². The van der Waals surface area contributed by atoms with Crippen LogP contribution in [0, 0.1) is 0 Å². The van der Waals surface area contributed by atoms with Crippen molar-refractivity contribution in [3.05, 3.63) is 11.8 Å². The molecular formula is C15H23N3O2S. The van der Waals surface area contributed by atoms with Gasteiger partial charge in [-0.2, -0.15) is 4.98 Å². The number of carbonyl (C=O) groups is 1. The zero-order valence-electron chi connectivity index (χ0n) is 13.2. The molecule has 1 aliphatic rings. The van der Waals surface area contributed by atoms with E-state index >= 15 is 0 Å². The molecule has 0 bridgehead atoms. The third kappa shape index (κ3) is 4.09. The maximum atomic E-state index is 12.3. The van der Waals surface area contributed by atoms with Crippen molar-refractivity contribution in [3.63, 3.8) is 0 Å². The molecule has 6 heteroatoms. The van der Waals surface area contributed by atoms with Gasteiger partial charge in [0.05, 0.1) is 0 Å². The van der Waals surface area contributed by atoms with Crippen molar-refractivity contribution in [2.24, 2.45) is 0 Å². The summed E-state index contributed by atoms with van der Waals surface area (Å²) in [7, 11) is 0. The molecule has 1 saturated heterocycles. The minimum Gasteiger partial charge on any atom is -0.391 e. The molecule has 1 aromatic heterocycles. The van der Waals surface area contributed by atoms with Crippen LogP contribution >= 0.6 is 11.8 Å². The quantitative estimate of drug-likeness (QED) is 0.618. The van der Waals surface area contributed by atoms with E-state index in [1.165, 1.54) is 18.2 Å². The average Bonchev–Trinajstić information content (AvgIpc) is 2.46. The van der Waals surface area contributed by atoms with E-state index in [1.807, 2.05) is 6.26 Å². The minimum atomic E-state index is -0.300. The number of nitrogens with zero attached hydrogens (tertiary/aromatic N) is 3. The molecule has 21 heavy (non-hydrogen) atoms. The van der Waals surface area contributed by atoms with Crippen molar-refractivity contribution in [1.29, 1.82) is 0 Å². The molecule has 1 aliphatic heterocycles. The number of likely N-dealkylation sites (tertiary alicyclic amines) is 1. The van der Waals surface area contributed by atoms with E-state index in [4.69, 9.17) is 4.74 Å². The zero-order valence-corrected chi connectivity index (χ0v) is 14.0. The Morgan fingerprint density at radius 3 is 2.52 bits per heavy atom. The summed E-state index contributed by atoms with van der Waals surface area (Å²) < 4.78 is 5.58. The van der Waals surface area contributed by atoms with Crippen LogP contribution in [0.2, 0.25) is 0 Å². The number of rotatable bonds is 2. The molecular weight excluding hydrogens is 286 g/mol. The molecule has 1 fully saturated rings. The predicted molar refractivity (Wildman–Crippen MR) is 84.0 cm³/mol. The van der Waals surface area contributed by atoms with E-state index in [1.54, 1.807) is 11.1 Å². The van der Waals surface area contributed by atoms with Gasteiger partial charge in [0.15, 0.2) is 5.16 Å². The lowest BCUT2D eigenvalue weighted by atomic mass is 9.89. The number of thioether (sulfide) groups is 1. The van der Waals surface area contributed by atoms with Gasteiger partial charge in [-0.1, -0.05) is 32.5 Å². The van der Waals surface area contributed by atoms with Gasteiger partial charge < -0.3 is 9.64 Å². The van der Waals surface area contributed by atoms with Crippen LogP contribution in [0.1, 0.15) is 45.6 Å². The fourth-order valence-electron chi connectivity index (χ4n) is 2.27. The van der Waals surface area contributed by atoms with Crippen molar-refractivity contribution in [2.45, 2.75) is 50.6 Å². The smallest absolute Gasteiger partial charge is 0.391 e. The summed E-state index contributed by atoms with van der Waals surface area (Å²) in [6.45, 7) is 7.71. The van der Waals surface area contributed by atoms with E-state index in [0.717, 1.165) is 31.5 Å². The van der Waals surface area contributed by atoms with Crippen LogP contribution in [0.15, 0.2) is 11.4 Å². The first-order chi connectivity index (χ1) is 9.91. The highest BCUT2D eigenvalue weighted by atomic mass is 32.2. The summed E-state index contributed by atoms with van der Waals surface area (Å²) >= 11 is 1.44. The third-order valence-corrected chi connectivity index (χ3v) is 4.08. The molecule has 0 saturated carbocycles. The maximum Gasteiger partial charge on any atom is 0.416 e. The summed E-state index contributed by atoms with van der Waals surface area (Å²) in [6.07, 6.45) is 6.63. The second kappa shape index (κ2) is 6.64. The second-order valence-corrected chi connectivity index (χ2v) is 7.01. The molecule has 2 heterocycles. The van der Waals surface area contributed by atoms with Crippen LogP contribution in [0.5, 0.6) is 5.88 Å². The van der Waals surface area contributed by atoms with Crippen molar-refractivity contribution < 1.29 is 9.53 Å². The molecule has 0 N–H and O–H groups in total. The Morgan fingerprint density at radius 1 is 1.29 bits per heavy atom. The molecule has 1 aromatic rings. The van der Waals surface area contributed by atoms with Gasteiger partial charge in [0.1, 0.15) is 0 Å². The lowest BCUT2D eigenvalue weighted by molar-refractivity contribution is 0.139. The van der Waals surface area contributed by atoms with Gasteiger partial charge in [-0.05, 0) is 30.9 Å². The SMILES string of the molecule is CSc1ncc(C(C)(C)C)c(OC(=O)N2CCCCC2)n1. The molecule has 0 atom stereocenters. The summed E-state index contributed by atoms with van der Waals surface area (Å²) in [5.74, 6) is 0.387. The molecule has 0 radical (unpaired) electrons. The Bertz CT molecular complexity index is 508. The second-order valence-electron chi connectivity index (χ2n) is 6.24. The third-order valence-electron chi connectivity index (χ3n) is 3.52. The van der Waals surface area contributed by atoms with Gasteiger partial charge in [-0.3, -0.25) is 0 Å². The predicted octanol–water partition coefficient (Wildman–Crippen LogP) is 3.48.